The molecule has 2 rings (SSSR count). The number of hydrogen-bond acceptors (Lipinski definition) is 4. The molecule has 1 aromatic rings. The number of nitrogens with one attached hydrogen (secondary N) is 1. The molecule has 2 unspecified atom stereocenters. The average molecular weight is 314 g/mol. The van der Waals surface area contributed by atoms with Gasteiger partial charge in [-0.15, -0.1) is 0 Å². The Labute approximate surface area is 116 Å². The van der Waals surface area contributed by atoms with Crippen LogP contribution in [0.1, 0.15) is 37.7 Å². The summed E-state index contributed by atoms with van der Waals surface area (Å²) in [5, 5.41) is 13.4. The van der Waals surface area contributed by atoms with Gasteiger partial charge in [-0.3, -0.25) is 0 Å². The monoisotopic (exact) mass is 313 g/mol. The third-order valence-electron chi connectivity index (χ3n) is 3.60. The Morgan fingerprint density at radius 3 is 2.89 bits per heavy atom. The Kier molecular flexibility index (Phi) is 4.45. The highest BCUT2D eigenvalue weighted by Crippen LogP contribution is 2.30. The van der Waals surface area contributed by atoms with Gasteiger partial charge in [-0.25, -0.2) is 4.98 Å². The van der Waals surface area contributed by atoms with Gasteiger partial charge in [0, 0.05) is 0 Å². The summed E-state index contributed by atoms with van der Waals surface area (Å²) in [4.78, 5) is 4.30. The first-order chi connectivity index (χ1) is 8.59. The van der Waals surface area contributed by atoms with E-state index in [9.17, 15) is 5.11 Å². The van der Waals surface area contributed by atoms with E-state index >= 15 is 0 Å². The molecule has 18 heavy (non-hydrogen) atoms. The highest BCUT2D eigenvalue weighted by Gasteiger charge is 2.22. The van der Waals surface area contributed by atoms with Crippen LogP contribution in [0.2, 0.25) is 0 Å². The normalized spacial score (nSPS) is 24.6. The molecule has 4 nitrogen and oxygen atoms in total. The van der Waals surface area contributed by atoms with E-state index in [1.165, 1.54) is 6.42 Å². The largest absolute Gasteiger partial charge is 0.397 e. The Bertz CT molecular complexity index is 425. The van der Waals surface area contributed by atoms with Crippen molar-refractivity contribution in [3.05, 3.63) is 16.2 Å². The van der Waals surface area contributed by atoms with Gasteiger partial charge in [0.2, 0.25) is 0 Å². The molecule has 0 aliphatic heterocycles. The van der Waals surface area contributed by atoms with E-state index in [0.29, 0.717) is 5.69 Å². The van der Waals surface area contributed by atoms with Crippen molar-refractivity contribution < 1.29 is 5.11 Å². The minimum atomic E-state index is -0.293. The maximum atomic E-state index is 10.1. The van der Waals surface area contributed by atoms with Gasteiger partial charge in [-0.05, 0) is 41.3 Å². The van der Waals surface area contributed by atoms with Gasteiger partial charge in [0.1, 0.15) is 5.82 Å². The molecule has 1 aliphatic rings. The average Bonchev–Trinajstić information content (AvgIpc) is 2.56. The fraction of sp³-hybridized carbons (Fsp3) is 0.615. The first-order valence-electron chi connectivity index (χ1n) is 6.44. The Hall–Kier alpha value is -0.810. The van der Waals surface area contributed by atoms with Crippen LogP contribution in [0.3, 0.4) is 0 Å². The van der Waals surface area contributed by atoms with Crippen LogP contribution >= 0.6 is 15.9 Å². The summed E-state index contributed by atoms with van der Waals surface area (Å²) < 4.78 is 0.888. The maximum absolute atomic E-state index is 10.1. The van der Waals surface area contributed by atoms with Crippen LogP contribution in [0.4, 0.5) is 11.5 Å². The van der Waals surface area contributed by atoms with Crippen LogP contribution in [-0.2, 0) is 0 Å². The predicted octanol–water partition coefficient (Wildman–Crippen LogP) is 2.84. The fourth-order valence-corrected chi connectivity index (χ4v) is 2.77. The van der Waals surface area contributed by atoms with Gasteiger partial charge in [0.15, 0.2) is 0 Å². The molecular formula is C13H20BrN3O. The van der Waals surface area contributed by atoms with Crippen LogP contribution in [0.5, 0.6) is 0 Å². The zero-order valence-corrected chi connectivity index (χ0v) is 12.2. The molecule has 0 bridgehead atoms. The second kappa shape index (κ2) is 5.89. The number of rotatable bonds is 2. The number of hydrogen-bond donors (Lipinski definition) is 3. The Morgan fingerprint density at radius 1 is 1.39 bits per heavy atom. The topological polar surface area (TPSA) is 71.2 Å². The molecular weight excluding hydrogens is 294 g/mol. The van der Waals surface area contributed by atoms with E-state index in [-0.39, 0.29) is 12.1 Å². The maximum Gasteiger partial charge on any atom is 0.141 e. The van der Waals surface area contributed by atoms with E-state index in [4.69, 9.17) is 5.73 Å². The van der Waals surface area contributed by atoms with Gasteiger partial charge in [0.25, 0.3) is 0 Å². The van der Waals surface area contributed by atoms with E-state index in [1.807, 2.05) is 6.92 Å². The summed E-state index contributed by atoms with van der Waals surface area (Å²) in [6, 6.07) is 0.0827. The molecule has 0 aromatic carbocycles. The van der Waals surface area contributed by atoms with Gasteiger partial charge in [0.05, 0.1) is 28.5 Å². The van der Waals surface area contributed by atoms with E-state index in [2.05, 4.69) is 26.2 Å². The molecule has 100 valence electrons. The minimum Gasteiger partial charge on any atom is -0.397 e. The first-order valence-corrected chi connectivity index (χ1v) is 7.24. The summed E-state index contributed by atoms with van der Waals surface area (Å²) in [5.41, 5.74) is 7.46. The molecule has 1 saturated carbocycles. The number of pyridine rings is 1. The lowest BCUT2D eigenvalue weighted by molar-refractivity contribution is 0.144. The Balaban J connectivity index is 2.15. The second-order valence-electron chi connectivity index (χ2n) is 4.96. The summed E-state index contributed by atoms with van der Waals surface area (Å²) in [6.07, 6.45) is 6.67. The van der Waals surface area contributed by atoms with Crippen LogP contribution in [0, 0.1) is 6.92 Å². The summed E-state index contributed by atoms with van der Waals surface area (Å²) >= 11 is 3.51. The molecule has 5 heteroatoms. The van der Waals surface area contributed by atoms with Crippen molar-refractivity contribution in [1.82, 2.24) is 4.98 Å². The summed E-state index contributed by atoms with van der Waals surface area (Å²) in [7, 11) is 0. The van der Waals surface area contributed by atoms with Crippen molar-refractivity contribution in [2.75, 3.05) is 11.1 Å². The van der Waals surface area contributed by atoms with Crippen molar-refractivity contribution in [3.63, 3.8) is 0 Å². The fourth-order valence-electron chi connectivity index (χ4n) is 2.32. The van der Waals surface area contributed by atoms with E-state index in [1.54, 1.807) is 6.20 Å². The minimum absolute atomic E-state index is 0.0827. The number of aliphatic hydroxyl groups excluding tert-OH is 1. The van der Waals surface area contributed by atoms with E-state index < -0.39 is 0 Å². The number of nitrogen functional groups attached to an aromatic ring is 1. The zero-order chi connectivity index (χ0) is 13.1. The third-order valence-corrected chi connectivity index (χ3v) is 4.57. The van der Waals surface area contributed by atoms with Gasteiger partial charge in [-0.2, -0.15) is 0 Å². The molecule has 0 amide bonds. The quantitative estimate of drug-likeness (QED) is 0.734. The molecule has 1 fully saturated rings. The number of nitrogens with two attached hydrogens (primary N) is 1. The van der Waals surface area contributed by atoms with Crippen molar-refractivity contribution >= 4 is 27.4 Å². The lowest BCUT2D eigenvalue weighted by Gasteiger charge is -2.23. The molecule has 2 atom stereocenters. The molecule has 0 saturated heterocycles. The SMILES string of the molecule is Cc1c(N)cnc(NC2CCCCCC2O)c1Br. The summed E-state index contributed by atoms with van der Waals surface area (Å²) in [5.74, 6) is 0.771. The van der Waals surface area contributed by atoms with E-state index in [0.717, 1.165) is 41.5 Å². The second-order valence-corrected chi connectivity index (χ2v) is 5.75. The third kappa shape index (κ3) is 2.95. The molecule has 0 radical (unpaired) electrons. The summed E-state index contributed by atoms with van der Waals surface area (Å²) in [6.45, 7) is 1.95. The zero-order valence-electron chi connectivity index (χ0n) is 10.6. The van der Waals surface area contributed by atoms with Gasteiger partial charge in [-0.1, -0.05) is 19.3 Å². The lowest BCUT2D eigenvalue weighted by atomic mass is 10.1. The number of nitrogens with zero attached hydrogens (tertiary/aromatic N) is 1. The molecule has 1 aromatic heterocycles. The van der Waals surface area contributed by atoms with Crippen molar-refractivity contribution in [2.45, 2.75) is 51.2 Å². The van der Waals surface area contributed by atoms with Gasteiger partial charge >= 0.3 is 0 Å². The lowest BCUT2D eigenvalue weighted by Crippen LogP contribution is -2.33. The molecule has 4 N–H and O–H groups in total. The smallest absolute Gasteiger partial charge is 0.141 e. The van der Waals surface area contributed by atoms with Crippen molar-refractivity contribution in [2.24, 2.45) is 0 Å². The van der Waals surface area contributed by atoms with Crippen molar-refractivity contribution in [1.29, 1.82) is 0 Å². The Morgan fingerprint density at radius 2 is 2.11 bits per heavy atom. The molecule has 0 spiro atoms. The van der Waals surface area contributed by atoms with Gasteiger partial charge < -0.3 is 16.2 Å². The number of aliphatic hydroxyl groups is 1. The molecule has 1 aliphatic carbocycles. The highest BCUT2D eigenvalue weighted by atomic mass is 79.9. The first kappa shape index (κ1) is 13.6. The number of halogens is 1. The van der Waals surface area contributed by atoms with Crippen LogP contribution in [0.25, 0.3) is 0 Å². The van der Waals surface area contributed by atoms with Crippen LogP contribution in [-0.4, -0.2) is 22.2 Å². The predicted molar refractivity (Wildman–Crippen MR) is 77.6 cm³/mol. The molecule has 1 heterocycles. The van der Waals surface area contributed by atoms with Crippen LogP contribution < -0.4 is 11.1 Å². The number of anilines is 2. The standard InChI is InChI=1S/C13H20BrN3O/c1-8-9(15)7-16-13(12(8)14)17-10-5-3-2-4-6-11(10)18/h7,10-11,18H,2-6,15H2,1H3,(H,16,17). The number of aromatic nitrogens is 1. The highest BCUT2D eigenvalue weighted by molar-refractivity contribution is 9.10. The van der Waals surface area contributed by atoms with Crippen molar-refractivity contribution in [3.8, 4) is 0 Å². The van der Waals surface area contributed by atoms with Crippen LogP contribution in [0.15, 0.2) is 10.7 Å².